The molecular weight excluding hydrogens is 311 g/mol. The zero-order chi connectivity index (χ0) is 17.2. The van der Waals surface area contributed by atoms with Crippen LogP contribution in [0.1, 0.15) is 11.1 Å². The quantitative estimate of drug-likeness (QED) is 0.598. The van der Waals surface area contributed by atoms with Crippen molar-refractivity contribution in [2.75, 3.05) is 20.3 Å². The summed E-state index contributed by atoms with van der Waals surface area (Å²) in [6.45, 7) is 0.316. The number of rotatable bonds is 8. The Labute approximate surface area is 140 Å². The van der Waals surface area contributed by atoms with Crippen molar-refractivity contribution in [1.82, 2.24) is 5.32 Å². The Morgan fingerprint density at radius 3 is 2.75 bits per heavy atom. The van der Waals surface area contributed by atoms with Crippen LogP contribution in [0.4, 0.5) is 4.39 Å². The summed E-state index contributed by atoms with van der Waals surface area (Å²) in [5, 5.41) is 6.38. The maximum atomic E-state index is 13.0. The molecule has 0 unspecified atom stereocenters. The van der Waals surface area contributed by atoms with Gasteiger partial charge in [-0.15, -0.1) is 0 Å². The summed E-state index contributed by atoms with van der Waals surface area (Å²) in [7, 11) is 1.62. The molecule has 0 aromatic heterocycles. The van der Waals surface area contributed by atoms with Gasteiger partial charge >= 0.3 is 0 Å². The summed E-state index contributed by atoms with van der Waals surface area (Å²) in [5.41, 5.74) is 1.66. The Kier molecular flexibility index (Phi) is 6.76. The molecule has 5 nitrogen and oxygen atoms in total. The summed E-state index contributed by atoms with van der Waals surface area (Å²) in [6, 6.07) is 13.6. The third kappa shape index (κ3) is 6.08. The first-order chi connectivity index (χ1) is 11.7. The fraction of sp³-hybridized carbons (Fsp3) is 0.222. The number of oxime groups is 1. The molecule has 1 N–H and O–H groups in total. The summed E-state index contributed by atoms with van der Waals surface area (Å²) >= 11 is 0. The van der Waals surface area contributed by atoms with Crippen LogP contribution in [-0.2, 0) is 16.1 Å². The van der Waals surface area contributed by atoms with Crippen molar-refractivity contribution in [1.29, 1.82) is 0 Å². The van der Waals surface area contributed by atoms with E-state index in [1.165, 1.54) is 18.3 Å². The monoisotopic (exact) mass is 330 g/mol. The second-order valence-electron chi connectivity index (χ2n) is 5.01. The molecule has 2 aromatic rings. The topological polar surface area (TPSA) is 59.9 Å². The van der Waals surface area contributed by atoms with Crippen LogP contribution in [0.15, 0.2) is 53.7 Å². The molecule has 0 heterocycles. The molecule has 0 aliphatic rings. The summed E-state index contributed by atoms with van der Waals surface area (Å²) in [6.07, 6.45) is 2.07. The lowest BCUT2D eigenvalue weighted by Gasteiger charge is -2.05. The first-order valence-electron chi connectivity index (χ1n) is 7.48. The number of nitrogens with zero attached hydrogens (tertiary/aromatic N) is 1. The summed E-state index contributed by atoms with van der Waals surface area (Å²) in [4.78, 5) is 16.5. The van der Waals surface area contributed by atoms with E-state index in [-0.39, 0.29) is 18.3 Å². The van der Waals surface area contributed by atoms with Crippen molar-refractivity contribution in [2.24, 2.45) is 5.16 Å². The van der Waals surface area contributed by atoms with Crippen molar-refractivity contribution >= 4 is 12.1 Å². The van der Waals surface area contributed by atoms with E-state index in [2.05, 4.69) is 10.5 Å². The molecule has 0 saturated carbocycles. The number of methoxy groups -OCH3 is 1. The second kappa shape index (κ2) is 9.29. The van der Waals surface area contributed by atoms with Crippen LogP contribution in [0.5, 0.6) is 5.75 Å². The summed E-state index contributed by atoms with van der Waals surface area (Å²) in [5.74, 6) is 0.183. The fourth-order valence-corrected chi connectivity index (χ4v) is 1.97. The highest BCUT2D eigenvalue weighted by atomic mass is 19.1. The number of carbonyl (C=O) groups excluding carboxylic acids is 1. The van der Waals surface area contributed by atoms with Crippen LogP contribution >= 0.6 is 0 Å². The van der Waals surface area contributed by atoms with Crippen LogP contribution in [0.25, 0.3) is 0 Å². The van der Waals surface area contributed by atoms with Gasteiger partial charge in [-0.1, -0.05) is 29.4 Å². The molecule has 0 aliphatic carbocycles. The highest BCUT2D eigenvalue weighted by molar-refractivity contribution is 5.79. The molecule has 2 aromatic carbocycles. The lowest BCUT2D eigenvalue weighted by Crippen LogP contribution is -2.28. The molecule has 0 aliphatic heterocycles. The number of amides is 1. The maximum absolute atomic E-state index is 13.0. The van der Waals surface area contributed by atoms with Crippen LogP contribution in [0.2, 0.25) is 0 Å². The fourth-order valence-electron chi connectivity index (χ4n) is 1.97. The normalized spacial score (nSPS) is 10.6. The van der Waals surface area contributed by atoms with Gasteiger partial charge in [0, 0.05) is 6.54 Å². The largest absolute Gasteiger partial charge is 0.497 e. The Morgan fingerprint density at radius 2 is 2.04 bits per heavy atom. The number of carbonyl (C=O) groups is 1. The minimum Gasteiger partial charge on any atom is -0.497 e. The number of hydrogen-bond acceptors (Lipinski definition) is 4. The predicted molar refractivity (Wildman–Crippen MR) is 89.7 cm³/mol. The van der Waals surface area contributed by atoms with Crippen LogP contribution in [0, 0.1) is 5.82 Å². The Bertz CT molecular complexity index is 687. The van der Waals surface area contributed by atoms with E-state index < -0.39 is 0 Å². The number of benzene rings is 2. The number of halogens is 1. The van der Waals surface area contributed by atoms with Gasteiger partial charge in [-0.2, -0.15) is 0 Å². The molecule has 0 radical (unpaired) electrons. The molecule has 6 heteroatoms. The lowest BCUT2D eigenvalue weighted by atomic mass is 10.1. The number of ether oxygens (including phenoxy) is 1. The van der Waals surface area contributed by atoms with E-state index in [4.69, 9.17) is 9.57 Å². The molecule has 1 amide bonds. The van der Waals surface area contributed by atoms with Gasteiger partial charge in [-0.3, -0.25) is 4.79 Å². The molecule has 2 rings (SSSR count). The standard InChI is InChI=1S/C18H19FN2O3/c1-23-17-7-5-14(6-8-17)9-10-20-18(22)13-24-21-12-15-3-2-4-16(19)11-15/h2-8,11-12H,9-10,13H2,1H3,(H,20,22)/b21-12-. The van der Waals surface area contributed by atoms with Gasteiger partial charge in [0.2, 0.25) is 0 Å². The second-order valence-corrected chi connectivity index (χ2v) is 5.01. The van der Waals surface area contributed by atoms with Gasteiger partial charge in [0.1, 0.15) is 11.6 Å². The van der Waals surface area contributed by atoms with Crippen molar-refractivity contribution in [3.63, 3.8) is 0 Å². The van der Waals surface area contributed by atoms with E-state index in [0.717, 1.165) is 11.3 Å². The van der Waals surface area contributed by atoms with Gasteiger partial charge in [-0.05, 0) is 41.8 Å². The van der Waals surface area contributed by atoms with Gasteiger partial charge in [0.05, 0.1) is 13.3 Å². The zero-order valence-electron chi connectivity index (χ0n) is 13.4. The van der Waals surface area contributed by atoms with E-state index in [1.54, 1.807) is 19.2 Å². The van der Waals surface area contributed by atoms with Crippen LogP contribution < -0.4 is 10.1 Å². The SMILES string of the molecule is COc1ccc(CCNC(=O)CO/N=C\c2cccc(F)c2)cc1. The minimum absolute atomic E-state index is 0.186. The van der Waals surface area contributed by atoms with Gasteiger partial charge in [0.25, 0.3) is 5.91 Å². The van der Waals surface area contributed by atoms with Crippen LogP contribution in [0.3, 0.4) is 0 Å². The Hall–Kier alpha value is -2.89. The molecule has 24 heavy (non-hydrogen) atoms. The summed E-state index contributed by atoms with van der Waals surface area (Å²) < 4.78 is 18.0. The van der Waals surface area contributed by atoms with E-state index in [1.807, 2.05) is 24.3 Å². The van der Waals surface area contributed by atoms with Crippen molar-refractivity contribution in [3.05, 3.63) is 65.5 Å². The average molecular weight is 330 g/mol. The Balaban J connectivity index is 1.64. The van der Waals surface area contributed by atoms with Gasteiger partial charge < -0.3 is 14.9 Å². The molecule has 0 fully saturated rings. The highest BCUT2D eigenvalue weighted by Gasteiger charge is 2.01. The molecule has 0 saturated heterocycles. The number of nitrogens with one attached hydrogen (secondary N) is 1. The smallest absolute Gasteiger partial charge is 0.260 e. The highest BCUT2D eigenvalue weighted by Crippen LogP contribution is 2.11. The Morgan fingerprint density at radius 1 is 1.25 bits per heavy atom. The first-order valence-corrected chi connectivity index (χ1v) is 7.48. The minimum atomic E-state index is -0.352. The van der Waals surface area contributed by atoms with Crippen molar-refractivity contribution in [3.8, 4) is 5.75 Å². The average Bonchev–Trinajstić information content (AvgIpc) is 2.59. The molecule has 0 atom stereocenters. The zero-order valence-corrected chi connectivity index (χ0v) is 13.4. The predicted octanol–water partition coefficient (Wildman–Crippen LogP) is 2.54. The van der Waals surface area contributed by atoms with Crippen molar-refractivity contribution < 1.29 is 18.8 Å². The third-order valence-electron chi connectivity index (χ3n) is 3.22. The first kappa shape index (κ1) is 17.5. The molecular formula is C18H19FN2O3. The molecule has 0 spiro atoms. The van der Waals surface area contributed by atoms with Gasteiger partial charge in [-0.25, -0.2) is 4.39 Å². The van der Waals surface area contributed by atoms with E-state index >= 15 is 0 Å². The van der Waals surface area contributed by atoms with E-state index in [0.29, 0.717) is 18.5 Å². The van der Waals surface area contributed by atoms with Crippen molar-refractivity contribution in [2.45, 2.75) is 6.42 Å². The molecule has 126 valence electrons. The number of hydrogen-bond donors (Lipinski definition) is 1. The maximum Gasteiger partial charge on any atom is 0.260 e. The van der Waals surface area contributed by atoms with E-state index in [9.17, 15) is 9.18 Å². The lowest BCUT2D eigenvalue weighted by molar-refractivity contribution is -0.125. The van der Waals surface area contributed by atoms with Crippen LogP contribution in [-0.4, -0.2) is 32.4 Å². The van der Waals surface area contributed by atoms with Gasteiger partial charge in [0.15, 0.2) is 6.61 Å². The third-order valence-corrected chi connectivity index (χ3v) is 3.22. The molecule has 0 bridgehead atoms.